The maximum atomic E-state index is 4.00. The molecule has 0 amide bonds. The van der Waals surface area contributed by atoms with E-state index in [0.29, 0.717) is 0 Å². The van der Waals surface area contributed by atoms with Crippen molar-refractivity contribution in [3.05, 3.63) is 12.7 Å². The zero-order valence-electron chi connectivity index (χ0n) is 24.5. The lowest BCUT2D eigenvalue weighted by atomic mass is 9.81. The highest BCUT2D eigenvalue weighted by Crippen LogP contribution is 2.37. The molecule has 35 heavy (non-hydrogen) atoms. The van der Waals surface area contributed by atoms with Crippen molar-refractivity contribution in [1.29, 1.82) is 0 Å². The lowest BCUT2D eigenvalue weighted by Crippen LogP contribution is -2.61. The predicted molar refractivity (Wildman–Crippen MR) is 168 cm³/mol. The van der Waals surface area contributed by atoms with Crippen molar-refractivity contribution in [2.24, 2.45) is 0 Å². The Morgan fingerprint density at radius 2 is 0.857 bits per heavy atom. The van der Waals surface area contributed by atoms with Crippen LogP contribution in [0.2, 0.25) is 0 Å². The lowest BCUT2D eigenvalue weighted by Gasteiger charge is -2.50. The van der Waals surface area contributed by atoms with Crippen molar-refractivity contribution in [2.75, 3.05) is 13.1 Å². The first kappa shape index (κ1) is 35.6. The van der Waals surface area contributed by atoms with Crippen LogP contribution in [-0.4, -0.2) is 32.0 Å². The number of hydrogen-bond acceptors (Lipinski definition) is 2. The molecule has 0 heterocycles. The average Bonchev–Trinajstić information content (AvgIpc) is 2.81. The fraction of sp³-hybridized carbons (Fsp3) is 0.935. The fourth-order valence-electron chi connectivity index (χ4n) is 4.91. The van der Waals surface area contributed by atoms with Crippen LogP contribution in [0.5, 0.6) is 0 Å². The lowest BCUT2D eigenvalue weighted by molar-refractivity contribution is 0.0413. The van der Waals surface area contributed by atoms with Crippen LogP contribution in [0.25, 0.3) is 0 Å². The molecule has 0 aliphatic rings. The van der Waals surface area contributed by atoms with Gasteiger partial charge in [-0.15, -0.1) is 6.58 Å². The molecule has 0 unspecified atom stereocenters. The second-order valence-electron chi connectivity index (χ2n) is 11.8. The Hall–Kier alpha value is 0.620. The monoisotopic (exact) mass is 620 g/mol. The van der Waals surface area contributed by atoms with Crippen molar-refractivity contribution >= 4 is 32.3 Å². The highest BCUT2D eigenvalue weighted by molar-refractivity contribution is 9.21. The second-order valence-corrected chi connectivity index (χ2v) is 14.2. The van der Waals surface area contributed by atoms with E-state index in [1.54, 1.807) is 0 Å². The standard InChI is InChI=1S/C31H62Br2N2/c1-7-9-10-11-12-13-14-15-16-17-18-19-20-21-22-23-24-25-26-27-29-34(28-8-2)30(3,4)31(5,6)35(32)33/h8H,2,7,9-29H2,1,3-6H3. The zero-order valence-corrected chi connectivity index (χ0v) is 27.7. The Balaban J connectivity index is 3.61. The molecular formula is C31H62Br2N2. The summed E-state index contributed by atoms with van der Waals surface area (Å²) in [6, 6.07) is 0. The van der Waals surface area contributed by atoms with E-state index >= 15 is 0 Å². The summed E-state index contributed by atoms with van der Waals surface area (Å²) in [4.78, 5) is 2.57. The van der Waals surface area contributed by atoms with Crippen LogP contribution in [0.3, 0.4) is 0 Å². The van der Waals surface area contributed by atoms with E-state index in [1.165, 1.54) is 128 Å². The summed E-state index contributed by atoms with van der Waals surface area (Å²) in [6.07, 6.45) is 30.7. The molecule has 210 valence electrons. The summed E-state index contributed by atoms with van der Waals surface area (Å²) >= 11 is 7.22. The van der Waals surface area contributed by atoms with Gasteiger partial charge in [0.15, 0.2) is 0 Å². The van der Waals surface area contributed by atoms with E-state index in [1.807, 2.05) is 9.03 Å². The van der Waals surface area contributed by atoms with Gasteiger partial charge in [-0.1, -0.05) is 135 Å². The van der Waals surface area contributed by atoms with Crippen LogP contribution >= 0.6 is 32.3 Å². The molecule has 4 heteroatoms. The molecule has 0 saturated heterocycles. The Morgan fingerprint density at radius 3 is 1.14 bits per heavy atom. The van der Waals surface area contributed by atoms with E-state index in [0.717, 1.165) is 13.1 Å². The third kappa shape index (κ3) is 16.9. The van der Waals surface area contributed by atoms with Gasteiger partial charge in [0.05, 0.1) is 5.54 Å². The minimum atomic E-state index is -0.0520. The Bertz CT molecular complexity index is 477. The van der Waals surface area contributed by atoms with Crippen LogP contribution in [-0.2, 0) is 0 Å². The number of hydrogen-bond donors (Lipinski definition) is 0. The fourth-order valence-corrected chi connectivity index (χ4v) is 5.77. The summed E-state index contributed by atoms with van der Waals surface area (Å²) in [7, 11) is 0. The molecule has 0 rings (SSSR count). The molecule has 0 aliphatic carbocycles. The van der Waals surface area contributed by atoms with Gasteiger partial charge in [-0.2, -0.15) is 2.95 Å². The third-order valence-electron chi connectivity index (χ3n) is 8.34. The number of halogens is 2. The van der Waals surface area contributed by atoms with Gasteiger partial charge in [-0.25, -0.2) is 0 Å². The molecule has 0 aromatic heterocycles. The summed E-state index contributed by atoms with van der Waals surface area (Å²) in [5, 5.41) is 0. The normalized spacial score (nSPS) is 12.7. The zero-order chi connectivity index (χ0) is 26.4. The molecule has 0 bridgehead atoms. The topological polar surface area (TPSA) is 6.48 Å². The largest absolute Gasteiger partial charge is 0.293 e. The molecule has 0 N–H and O–H groups in total. The van der Waals surface area contributed by atoms with Crippen LogP contribution in [0, 0.1) is 0 Å². The smallest absolute Gasteiger partial charge is 0.0553 e. The van der Waals surface area contributed by atoms with Crippen LogP contribution in [0.4, 0.5) is 0 Å². The Labute approximate surface area is 239 Å². The number of rotatable bonds is 26. The van der Waals surface area contributed by atoms with Crippen molar-refractivity contribution in [1.82, 2.24) is 7.85 Å². The molecule has 2 nitrogen and oxygen atoms in total. The van der Waals surface area contributed by atoms with Gasteiger partial charge in [0.1, 0.15) is 0 Å². The highest BCUT2D eigenvalue weighted by atomic mass is 79.9. The van der Waals surface area contributed by atoms with Crippen LogP contribution < -0.4 is 0 Å². The first-order valence-electron chi connectivity index (χ1n) is 15.2. The summed E-state index contributed by atoms with van der Waals surface area (Å²) < 4.78 is 1.99. The summed E-state index contributed by atoms with van der Waals surface area (Å²) in [5.41, 5.74) is -0.0361. The van der Waals surface area contributed by atoms with Gasteiger partial charge in [0.25, 0.3) is 0 Å². The first-order valence-corrected chi connectivity index (χ1v) is 16.6. The molecule has 0 fully saturated rings. The molecular weight excluding hydrogens is 560 g/mol. The SMILES string of the molecule is C=CCN(CCCCCCCCCCCCCCCCCCCCCC)C(C)(C)C(C)(C)N(Br)Br. The van der Waals surface area contributed by atoms with E-state index in [-0.39, 0.29) is 11.1 Å². The number of nitrogens with zero attached hydrogens (tertiary/aromatic N) is 2. The molecule has 0 aliphatic heterocycles. The van der Waals surface area contributed by atoms with Gasteiger partial charge in [-0.05, 0) is 40.7 Å². The van der Waals surface area contributed by atoms with Crippen LogP contribution in [0.1, 0.15) is 163 Å². The van der Waals surface area contributed by atoms with Gasteiger partial charge in [-0.3, -0.25) is 4.90 Å². The van der Waals surface area contributed by atoms with Gasteiger partial charge >= 0.3 is 0 Å². The van der Waals surface area contributed by atoms with E-state index in [4.69, 9.17) is 0 Å². The van der Waals surface area contributed by atoms with E-state index < -0.39 is 0 Å². The second kappa shape index (κ2) is 22.6. The quantitative estimate of drug-likeness (QED) is 0.0538. The van der Waals surface area contributed by atoms with Crippen molar-refractivity contribution in [2.45, 2.75) is 174 Å². The maximum Gasteiger partial charge on any atom is 0.0553 e. The van der Waals surface area contributed by atoms with Crippen molar-refractivity contribution < 1.29 is 0 Å². The van der Waals surface area contributed by atoms with Crippen LogP contribution in [0.15, 0.2) is 12.7 Å². The molecule has 0 saturated carbocycles. The third-order valence-corrected chi connectivity index (χ3v) is 10.1. The Kier molecular flexibility index (Phi) is 23.0. The first-order chi connectivity index (χ1) is 16.7. The van der Waals surface area contributed by atoms with Gasteiger partial charge < -0.3 is 0 Å². The average molecular weight is 623 g/mol. The van der Waals surface area contributed by atoms with Crippen molar-refractivity contribution in [3.63, 3.8) is 0 Å². The molecule has 0 radical (unpaired) electrons. The minimum absolute atomic E-state index is 0.0159. The molecule has 0 aromatic rings. The maximum absolute atomic E-state index is 4.00. The van der Waals surface area contributed by atoms with Gasteiger partial charge in [0, 0.05) is 44.4 Å². The van der Waals surface area contributed by atoms with Gasteiger partial charge in [0.2, 0.25) is 0 Å². The minimum Gasteiger partial charge on any atom is -0.293 e. The summed E-state index contributed by atoms with van der Waals surface area (Å²) in [6.45, 7) is 17.6. The molecule has 0 atom stereocenters. The van der Waals surface area contributed by atoms with E-state index in [9.17, 15) is 0 Å². The van der Waals surface area contributed by atoms with Crippen molar-refractivity contribution in [3.8, 4) is 0 Å². The van der Waals surface area contributed by atoms with E-state index in [2.05, 4.69) is 78.4 Å². The Morgan fingerprint density at radius 1 is 0.543 bits per heavy atom. The molecule has 0 aromatic carbocycles. The molecule has 0 spiro atoms. The number of unbranched alkanes of at least 4 members (excludes halogenated alkanes) is 19. The predicted octanol–water partition coefficient (Wildman–Crippen LogP) is 11.8. The highest BCUT2D eigenvalue weighted by Gasteiger charge is 2.44. The summed E-state index contributed by atoms with van der Waals surface area (Å²) in [5.74, 6) is 0.